The third-order valence-electron chi connectivity index (χ3n) is 3.46. The lowest BCUT2D eigenvalue weighted by Crippen LogP contribution is -2.43. The molecule has 0 spiro atoms. The second kappa shape index (κ2) is 7.31. The van der Waals surface area contributed by atoms with Gasteiger partial charge in [-0.2, -0.15) is 0 Å². The van der Waals surface area contributed by atoms with E-state index < -0.39 is 11.8 Å². The van der Waals surface area contributed by atoms with Crippen molar-refractivity contribution in [2.45, 2.75) is 6.92 Å². The van der Waals surface area contributed by atoms with Crippen molar-refractivity contribution in [2.75, 3.05) is 13.4 Å². The van der Waals surface area contributed by atoms with Crippen LogP contribution in [0.5, 0.6) is 17.2 Å². The Labute approximate surface area is 148 Å². The fraction of sp³-hybridized carbons (Fsp3) is 0.176. The Bertz CT molecular complexity index is 825. The van der Waals surface area contributed by atoms with E-state index in [-0.39, 0.29) is 24.0 Å². The number of benzene rings is 2. The largest absolute Gasteiger partial charge is 0.483 e. The van der Waals surface area contributed by atoms with Crippen molar-refractivity contribution < 1.29 is 23.8 Å². The van der Waals surface area contributed by atoms with Gasteiger partial charge in [-0.3, -0.25) is 20.4 Å². The lowest BCUT2D eigenvalue weighted by atomic mass is 10.2. The first kappa shape index (κ1) is 16.9. The Balaban J connectivity index is 1.53. The highest BCUT2D eigenvalue weighted by molar-refractivity contribution is 6.32. The SMILES string of the molecule is Cc1ccccc1OCC(=O)NNC(=O)c1cc(Cl)c2c(c1)OCO2. The number of hydrogen-bond acceptors (Lipinski definition) is 5. The Kier molecular flexibility index (Phi) is 4.95. The minimum atomic E-state index is -0.538. The van der Waals surface area contributed by atoms with Crippen molar-refractivity contribution in [1.82, 2.24) is 10.9 Å². The molecular formula is C17H15ClN2O5. The van der Waals surface area contributed by atoms with E-state index in [1.807, 2.05) is 25.1 Å². The topological polar surface area (TPSA) is 85.9 Å². The van der Waals surface area contributed by atoms with Gasteiger partial charge in [-0.05, 0) is 30.7 Å². The molecule has 0 bridgehead atoms. The molecule has 0 aromatic heterocycles. The number of ether oxygens (including phenoxy) is 3. The highest BCUT2D eigenvalue weighted by atomic mass is 35.5. The molecule has 0 aliphatic carbocycles. The summed E-state index contributed by atoms with van der Waals surface area (Å²) in [7, 11) is 0. The molecule has 130 valence electrons. The lowest BCUT2D eigenvalue weighted by Gasteiger charge is -2.10. The number of carbonyl (C=O) groups excluding carboxylic acids is 2. The summed E-state index contributed by atoms with van der Waals surface area (Å²) in [6.07, 6.45) is 0. The van der Waals surface area contributed by atoms with E-state index in [1.54, 1.807) is 6.07 Å². The molecule has 0 atom stereocenters. The minimum absolute atomic E-state index is 0.0487. The van der Waals surface area contributed by atoms with E-state index in [9.17, 15) is 9.59 Å². The van der Waals surface area contributed by atoms with E-state index >= 15 is 0 Å². The van der Waals surface area contributed by atoms with E-state index in [0.717, 1.165) is 5.56 Å². The number of rotatable bonds is 4. The van der Waals surface area contributed by atoms with Crippen molar-refractivity contribution in [3.63, 3.8) is 0 Å². The number of aryl methyl sites for hydroxylation is 1. The summed E-state index contributed by atoms with van der Waals surface area (Å²) in [6.45, 7) is 1.69. The Morgan fingerprint density at radius 1 is 1.20 bits per heavy atom. The molecule has 3 rings (SSSR count). The summed E-state index contributed by atoms with van der Waals surface area (Å²) < 4.78 is 15.8. The highest BCUT2D eigenvalue weighted by Crippen LogP contribution is 2.39. The van der Waals surface area contributed by atoms with Gasteiger partial charge in [0.1, 0.15) is 5.75 Å². The van der Waals surface area contributed by atoms with Crippen LogP contribution in [-0.4, -0.2) is 25.2 Å². The molecule has 0 fully saturated rings. The molecule has 2 N–H and O–H groups in total. The summed E-state index contributed by atoms with van der Waals surface area (Å²) in [5, 5.41) is 0.259. The van der Waals surface area contributed by atoms with Crippen LogP contribution in [0, 0.1) is 6.92 Å². The number of nitrogens with one attached hydrogen (secondary N) is 2. The average molecular weight is 363 g/mol. The van der Waals surface area contributed by atoms with Crippen LogP contribution in [0.2, 0.25) is 5.02 Å². The molecular weight excluding hydrogens is 348 g/mol. The van der Waals surface area contributed by atoms with Crippen LogP contribution >= 0.6 is 11.6 Å². The smallest absolute Gasteiger partial charge is 0.276 e. The van der Waals surface area contributed by atoms with Gasteiger partial charge in [0.25, 0.3) is 11.8 Å². The molecule has 0 saturated heterocycles. The van der Waals surface area contributed by atoms with E-state index in [1.165, 1.54) is 12.1 Å². The maximum atomic E-state index is 12.1. The molecule has 2 aromatic rings. The van der Waals surface area contributed by atoms with Crippen molar-refractivity contribution in [1.29, 1.82) is 0 Å². The van der Waals surface area contributed by atoms with E-state index in [0.29, 0.717) is 17.2 Å². The summed E-state index contributed by atoms with van der Waals surface area (Å²) in [5.74, 6) is 0.347. The van der Waals surface area contributed by atoms with Gasteiger partial charge in [-0.25, -0.2) is 0 Å². The zero-order valence-electron chi connectivity index (χ0n) is 13.3. The van der Waals surface area contributed by atoms with Gasteiger partial charge in [-0.1, -0.05) is 29.8 Å². The molecule has 8 heteroatoms. The van der Waals surface area contributed by atoms with Crippen LogP contribution in [0.3, 0.4) is 0 Å². The second-order valence-corrected chi connectivity index (χ2v) is 5.66. The number of carbonyl (C=O) groups is 2. The summed E-state index contributed by atoms with van der Waals surface area (Å²) in [4.78, 5) is 23.9. The van der Waals surface area contributed by atoms with Gasteiger partial charge in [-0.15, -0.1) is 0 Å². The third kappa shape index (κ3) is 3.95. The van der Waals surface area contributed by atoms with Crippen LogP contribution in [0.25, 0.3) is 0 Å². The number of hydrogen-bond donors (Lipinski definition) is 2. The monoisotopic (exact) mass is 362 g/mol. The predicted molar refractivity (Wildman–Crippen MR) is 89.9 cm³/mol. The van der Waals surface area contributed by atoms with Gasteiger partial charge < -0.3 is 14.2 Å². The van der Waals surface area contributed by atoms with Crippen molar-refractivity contribution in [3.05, 3.63) is 52.5 Å². The van der Waals surface area contributed by atoms with Gasteiger partial charge in [0.2, 0.25) is 6.79 Å². The molecule has 2 aromatic carbocycles. The Morgan fingerprint density at radius 2 is 2.00 bits per heavy atom. The van der Waals surface area contributed by atoms with Gasteiger partial charge in [0.05, 0.1) is 5.02 Å². The molecule has 7 nitrogen and oxygen atoms in total. The van der Waals surface area contributed by atoms with Crippen molar-refractivity contribution in [3.8, 4) is 17.2 Å². The van der Waals surface area contributed by atoms with Crippen molar-refractivity contribution in [2.24, 2.45) is 0 Å². The Hall–Kier alpha value is -2.93. The first-order chi connectivity index (χ1) is 12.0. The minimum Gasteiger partial charge on any atom is -0.483 e. The molecule has 0 unspecified atom stereocenters. The number of amides is 2. The van der Waals surface area contributed by atoms with Crippen LogP contribution in [-0.2, 0) is 4.79 Å². The standard InChI is InChI=1S/C17H15ClN2O5/c1-10-4-2-3-5-13(10)23-8-15(21)19-20-17(22)11-6-12(18)16-14(7-11)24-9-25-16/h2-7H,8-9H2,1H3,(H,19,21)(H,20,22). The first-order valence-electron chi connectivity index (χ1n) is 7.41. The summed E-state index contributed by atoms with van der Waals surface area (Å²) in [6, 6.07) is 10.2. The normalized spacial score (nSPS) is 11.8. The summed E-state index contributed by atoms with van der Waals surface area (Å²) >= 11 is 6.02. The second-order valence-electron chi connectivity index (χ2n) is 5.25. The van der Waals surface area contributed by atoms with Gasteiger partial charge >= 0.3 is 0 Å². The van der Waals surface area contributed by atoms with Crippen LogP contribution < -0.4 is 25.1 Å². The van der Waals surface area contributed by atoms with Crippen LogP contribution in [0.15, 0.2) is 36.4 Å². The summed E-state index contributed by atoms with van der Waals surface area (Å²) in [5.41, 5.74) is 5.72. The molecule has 1 heterocycles. The molecule has 25 heavy (non-hydrogen) atoms. The third-order valence-corrected chi connectivity index (χ3v) is 3.74. The molecule has 0 saturated carbocycles. The zero-order valence-corrected chi connectivity index (χ0v) is 14.1. The fourth-order valence-corrected chi connectivity index (χ4v) is 2.46. The predicted octanol–water partition coefficient (Wildman–Crippen LogP) is 2.22. The molecule has 2 amide bonds. The number of hydrazine groups is 1. The lowest BCUT2D eigenvalue weighted by molar-refractivity contribution is -0.123. The fourth-order valence-electron chi connectivity index (χ4n) is 2.19. The zero-order chi connectivity index (χ0) is 17.8. The highest BCUT2D eigenvalue weighted by Gasteiger charge is 2.20. The molecule has 0 radical (unpaired) electrons. The maximum Gasteiger partial charge on any atom is 0.276 e. The maximum absolute atomic E-state index is 12.1. The number of halogens is 1. The Morgan fingerprint density at radius 3 is 2.80 bits per heavy atom. The number of fused-ring (bicyclic) bond motifs is 1. The van der Waals surface area contributed by atoms with E-state index in [4.69, 9.17) is 25.8 Å². The average Bonchev–Trinajstić information content (AvgIpc) is 3.08. The quantitative estimate of drug-likeness (QED) is 0.814. The van der Waals surface area contributed by atoms with E-state index in [2.05, 4.69) is 10.9 Å². The van der Waals surface area contributed by atoms with Crippen LogP contribution in [0.4, 0.5) is 0 Å². The molecule has 1 aliphatic rings. The number of para-hydroxylation sites is 1. The van der Waals surface area contributed by atoms with Gasteiger partial charge in [0.15, 0.2) is 18.1 Å². The van der Waals surface area contributed by atoms with Gasteiger partial charge in [0, 0.05) is 5.56 Å². The van der Waals surface area contributed by atoms with Crippen LogP contribution in [0.1, 0.15) is 15.9 Å². The van der Waals surface area contributed by atoms with Crippen molar-refractivity contribution >= 4 is 23.4 Å². The first-order valence-corrected chi connectivity index (χ1v) is 7.79. The molecule has 1 aliphatic heterocycles.